The van der Waals surface area contributed by atoms with Crippen LogP contribution in [0.4, 0.5) is 0 Å². The Balaban J connectivity index is 2.23. The van der Waals surface area contributed by atoms with Gasteiger partial charge in [0.05, 0.1) is 8.66 Å². The molecule has 90 valence electrons. The third-order valence-electron chi connectivity index (χ3n) is 2.57. The molecular formula is C12H13BrN2OS. The Hall–Kier alpha value is -1.07. The lowest BCUT2D eigenvalue weighted by Gasteiger charge is -2.09. The number of hydrogen-bond acceptors (Lipinski definition) is 2. The molecule has 0 saturated carbocycles. The number of nitrogens with one attached hydrogen (secondary N) is 1. The van der Waals surface area contributed by atoms with Crippen molar-refractivity contribution in [2.24, 2.45) is 0 Å². The minimum absolute atomic E-state index is 0.0776. The normalized spacial score (nSPS) is 10.6. The van der Waals surface area contributed by atoms with E-state index in [1.807, 2.05) is 39.0 Å². The lowest BCUT2D eigenvalue weighted by Crippen LogP contribution is -2.23. The molecule has 0 aliphatic carbocycles. The Morgan fingerprint density at radius 2 is 1.88 bits per heavy atom. The molecule has 2 aromatic heterocycles. The molecule has 0 saturated heterocycles. The highest BCUT2D eigenvalue weighted by Crippen LogP contribution is 2.27. The molecule has 0 unspecified atom stereocenters. The van der Waals surface area contributed by atoms with Crippen LogP contribution in [-0.2, 0) is 0 Å². The van der Waals surface area contributed by atoms with Gasteiger partial charge in [-0.15, -0.1) is 11.3 Å². The maximum absolute atomic E-state index is 12.0. The fourth-order valence-electron chi connectivity index (χ4n) is 1.57. The molecule has 1 amide bonds. The summed E-state index contributed by atoms with van der Waals surface area (Å²) in [6.45, 7) is 5.90. The van der Waals surface area contributed by atoms with Crippen LogP contribution in [0.25, 0.3) is 0 Å². The standard InChI is InChI=1S/C12H13BrN2OS/c1-7-6-10(17-11(7)13)12(16)14-15-8(2)4-5-9(15)3/h4-6H,1-3H3,(H,14,16). The van der Waals surface area contributed by atoms with Gasteiger partial charge in [-0.1, -0.05) is 0 Å². The topological polar surface area (TPSA) is 34.0 Å². The van der Waals surface area contributed by atoms with Gasteiger partial charge in [-0.25, -0.2) is 0 Å². The Morgan fingerprint density at radius 3 is 2.35 bits per heavy atom. The molecular weight excluding hydrogens is 300 g/mol. The summed E-state index contributed by atoms with van der Waals surface area (Å²) in [5.74, 6) is -0.0776. The molecule has 2 rings (SSSR count). The van der Waals surface area contributed by atoms with Gasteiger partial charge in [0.2, 0.25) is 0 Å². The minimum Gasteiger partial charge on any atom is -0.266 e. The van der Waals surface area contributed by atoms with Gasteiger partial charge in [-0.2, -0.15) is 0 Å². The number of carbonyl (C=O) groups is 1. The summed E-state index contributed by atoms with van der Waals surface area (Å²) >= 11 is 4.87. The van der Waals surface area contributed by atoms with E-state index in [2.05, 4.69) is 21.4 Å². The highest BCUT2D eigenvalue weighted by Gasteiger charge is 2.12. The molecule has 2 heterocycles. The molecule has 5 heteroatoms. The summed E-state index contributed by atoms with van der Waals surface area (Å²) in [7, 11) is 0. The van der Waals surface area contributed by atoms with Crippen LogP contribution in [0.15, 0.2) is 22.0 Å². The maximum atomic E-state index is 12.0. The fraction of sp³-hybridized carbons (Fsp3) is 0.250. The summed E-state index contributed by atoms with van der Waals surface area (Å²) < 4.78 is 2.80. The van der Waals surface area contributed by atoms with E-state index >= 15 is 0 Å². The molecule has 0 atom stereocenters. The monoisotopic (exact) mass is 312 g/mol. The van der Waals surface area contributed by atoms with E-state index in [0.29, 0.717) is 4.88 Å². The number of aromatic nitrogens is 1. The van der Waals surface area contributed by atoms with Crippen molar-refractivity contribution >= 4 is 33.2 Å². The SMILES string of the molecule is Cc1cc(C(=O)Nn2c(C)ccc2C)sc1Br. The molecule has 3 nitrogen and oxygen atoms in total. The first-order valence-electron chi connectivity index (χ1n) is 5.21. The second-order valence-electron chi connectivity index (χ2n) is 3.96. The van der Waals surface area contributed by atoms with Gasteiger partial charge in [0.1, 0.15) is 0 Å². The molecule has 17 heavy (non-hydrogen) atoms. The van der Waals surface area contributed by atoms with Crippen molar-refractivity contribution in [3.05, 3.63) is 43.8 Å². The van der Waals surface area contributed by atoms with Crippen molar-refractivity contribution in [2.75, 3.05) is 5.43 Å². The number of rotatable bonds is 2. The zero-order valence-corrected chi connectivity index (χ0v) is 12.3. The maximum Gasteiger partial charge on any atom is 0.280 e. The Morgan fingerprint density at radius 1 is 1.29 bits per heavy atom. The second kappa shape index (κ2) is 4.66. The molecule has 2 aromatic rings. The summed E-state index contributed by atoms with van der Waals surface area (Å²) in [5, 5.41) is 0. The fourth-order valence-corrected chi connectivity index (χ4v) is 3.00. The molecule has 0 aromatic carbocycles. The number of carbonyl (C=O) groups excluding carboxylic acids is 1. The number of halogens is 1. The third-order valence-corrected chi connectivity index (χ3v) is 4.70. The van der Waals surface area contributed by atoms with Gasteiger partial charge in [0, 0.05) is 11.4 Å². The van der Waals surface area contributed by atoms with Crippen molar-refractivity contribution in [3.63, 3.8) is 0 Å². The third kappa shape index (κ3) is 2.45. The number of hydrogen-bond donors (Lipinski definition) is 1. The van der Waals surface area contributed by atoms with Crippen LogP contribution >= 0.6 is 27.3 Å². The lowest BCUT2D eigenvalue weighted by atomic mass is 10.3. The van der Waals surface area contributed by atoms with E-state index in [9.17, 15) is 4.79 Å². The summed E-state index contributed by atoms with van der Waals surface area (Å²) in [6, 6.07) is 5.84. The van der Waals surface area contributed by atoms with Crippen LogP contribution in [0.5, 0.6) is 0 Å². The summed E-state index contributed by atoms with van der Waals surface area (Å²) in [6.07, 6.45) is 0. The predicted octanol–water partition coefficient (Wildman–Crippen LogP) is 3.62. The quantitative estimate of drug-likeness (QED) is 0.903. The zero-order valence-electron chi connectivity index (χ0n) is 9.87. The highest BCUT2D eigenvalue weighted by molar-refractivity contribution is 9.11. The number of amides is 1. The number of nitrogens with zero attached hydrogens (tertiary/aromatic N) is 1. The molecule has 0 radical (unpaired) electrons. The molecule has 0 fully saturated rings. The van der Waals surface area contributed by atoms with Crippen LogP contribution < -0.4 is 5.43 Å². The van der Waals surface area contributed by atoms with E-state index in [1.165, 1.54) is 11.3 Å². The average molecular weight is 313 g/mol. The first kappa shape index (κ1) is 12.4. The van der Waals surface area contributed by atoms with Crippen LogP contribution in [-0.4, -0.2) is 10.6 Å². The van der Waals surface area contributed by atoms with Crippen molar-refractivity contribution < 1.29 is 4.79 Å². The second-order valence-corrected chi connectivity index (χ2v) is 6.33. The van der Waals surface area contributed by atoms with Gasteiger partial charge in [-0.05, 0) is 60.5 Å². The summed E-state index contributed by atoms with van der Waals surface area (Å²) in [4.78, 5) is 12.7. The van der Waals surface area contributed by atoms with Crippen LogP contribution in [0.3, 0.4) is 0 Å². The van der Waals surface area contributed by atoms with E-state index in [-0.39, 0.29) is 5.91 Å². The van der Waals surface area contributed by atoms with Gasteiger partial charge >= 0.3 is 0 Å². The van der Waals surface area contributed by atoms with E-state index in [4.69, 9.17) is 0 Å². The first-order chi connectivity index (χ1) is 7.99. The van der Waals surface area contributed by atoms with E-state index in [0.717, 1.165) is 20.7 Å². The molecule has 1 N–H and O–H groups in total. The van der Waals surface area contributed by atoms with Crippen LogP contribution in [0.2, 0.25) is 0 Å². The number of aryl methyl sites for hydroxylation is 3. The van der Waals surface area contributed by atoms with Gasteiger partial charge < -0.3 is 0 Å². The van der Waals surface area contributed by atoms with E-state index < -0.39 is 0 Å². The molecule has 0 aliphatic rings. The van der Waals surface area contributed by atoms with Gasteiger partial charge in [0.15, 0.2) is 0 Å². The van der Waals surface area contributed by atoms with Gasteiger partial charge in [0.25, 0.3) is 5.91 Å². The molecule has 0 spiro atoms. The van der Waals surface area contributed by atoms with Gasteiger partial charge in [-0.3, -0.25) is 14.9 Å². The van der Waals surface area contributed by atoms with E-state index in [1.54, 1.807) is 4.68 Å². The zero-order chi connectivity index (χ0) is 12.6. The summed E-state index contributed by atoms with van der Waals surface area (Å²) in [5.41, 5.74) is 6.00. The Labute approximate surface area is 113 Å². The molecule has 0 aliphatic heterocycles. The lowest BCUT2D eigenvalue weighted by molar-refractivity contribution is 0.101. The largest absolute Gasteiger partial charge is 0.280 e. The first-order valence-corrected chi connectivity index (χ1v) is 6.82. The minimum atomic E-state index is -0.0776. The molecule has 0 bridgehead atoms. The predicted molar refractivity (Wildman–Crippen MR) is 74.4 cm³/mol. The van der Waals surface area contributed by atoms with Crippen LogP contribution in [0.1, 0.15) is 26.6 Å². The average Bonchev–Trinajstić information content (AvgIpc) is 2.76. The Bertz CT molecular complexity index is 532. The highest BCUT2D eigenvalue weighted by atomic mass is 79.9. The number of thiophene rings is 1. The smallest absolute Gasteiger partial charge is 0.266 e. The van der Waals surface area contributed by atoms with Crippen molar-refractivity contribution in [2.45, 2.75) is 20.8 Å². The van der Waals surface area contributed by atoms with Crippen molar-refractivity contribution in [1.29, 1.82) is 0 Å². The van der Waals surface area contributed by atoms with Crippen molar-refractivity contribution in [1.82, 2.24) is 4.68 Å². The van der Waals surface area contributed by atoms with Crippen LogP contribution in [0, 0.1) is 20.8 Å². The van der Waals surface area contributed by atoms with Crippen molar-refractivity contribution in [3.8, 4) is 0 Å². The Kier molecular flexibility index (Phi) is 3.40.